The highest BCUT2D eigenvalue weighted by molar-refractivity contribution is 7.98. The molecule has 0 radical (unpaired) electrons. The third kappa shape index (κ3) is 3.06. The van der Waals surface area contributed by atoms with E-state index in [1.54, 1.807) is 11.3 Å². The van der Waals surface area contributed by atoms with Crippen LogP contribution < -0.4 is 0 Å². The van der Waals surface area contributed by atoms with Gasteiger partial charge >= 0.3 is 5.97 Å². The van der Waals surface area contributed by atoms with Gasteiger partial charge in [0.15, 0.2) is 0 Å². The molecule has 0 saturated heterocycles. The highest BCUT2D eigenvalue weighted by Gasteiger charge is 2.12. The Kier molecular flexibility index (Phi) is 4.16. The number of aromatic nitrogens is 4. The number of thiophene rings is 1. The first-order valence-electron chi connectivity index (χ1n) is 6.19. The lowest BCUT2D eigenvalue weighted by Crippen LogP contribution is -2.13. The van der Waals surface area contributed by atoms with Crippen molar-refractivity contribution in [3.8, 4) is 0 Å². The Morgan fingerprint density at radius 3 is 3.14 bits per heavy atom. The summed E-state index contributed by atoms with van der Waals surface area (Å²) in [5.74, 6) is 0.385. The molecule has 3 rings (SSSR count). The molecule has 0 saturated carbocycles. The number of nitrogens with zero attached hydrogens (tertiary/aromatic N) is 4. The summed E-state index contributed by atoms with van der Waals surface area (Å²) in [7, 11) is 1.34. The minimum Gasteiger partial charge on any atom is -0.468 e. The summed E-state index contributed by atoms with van der Waals surface area (Å²) in [4.78, 5) is 11.3. The number of fused-ring (bicyclic) bond motifs is 1. The van der Waals surface area contributed by atoms with Crippen LogP contribution >= 0.6 is 23.1 Å². The van der Waals surface area contributed by atoms with E-state index in [-0.39, 0.29) is 12.5 Å². The lowest BCUT2D eigenvalue weighted by molar-refractivity contribution is -0.141. The Morgan fingerprint density at radius 1 is 1.43 bits per heavy atom. The van der Waals surface area contributed by atoms with Crippen molar-refractivity contribution in [2.45, 2.75) is 17.5 Å². The number of thioether (sulfide) groups is 1. The number of hydrogen-bond donors (Lipinski definition) is 0. The van der Waals surface area contributed by atoms with Gasteiger partial charge in [0.2, 0.25) is 5.16 Å². The van der Waals surface area contributed by atoms with Gasteiger partial charge in [-0.2, -0.15) is 0 Å². The monoisotopic (exact) mass is 320 g/mol. The van der Waals surface area contributed by atoms with E-state index < -0.39 is 0 Å². The van der Waals surface area contributed by atoms with Gasteiger partial charge < -0.3 is 4.74 Å². The van der Waals surface area contributed by atoms with E-state index in [0.29, 0.717) is 5.16 Å². The molecule has 21 heavy (non-hydrogen) atoms. The second-order valence-corrected chi connectivity index (χ2v) is 6.09. The standard InChI is InChI=1S/C13H12N4O2S2/c1-19-12(18)6-17-13(14-15-16-17)21-8-9-7-20-11-5-3-2-4-10(9)11/h2-5,7H,6,8H2,1H3. The van der Waals surface area contributed by atoms with Gasteiger partial charge in [0.05, 0.1) is 7.11 Å². The Morgan fingerprint density at radius 2 is 2.29 bits per heavy atom. The molecule has 8 heteroatoms. The number of rotatable bonds is 5. The summed E-state index contributed by atoms with van der Waals surface area (Å²) < 4.78 is 7.34. The summed E-state index contributed by atoms with van der Waals surface area (Å²) in [6.45, 7) is 0.0240. The maximum Gasteiger partial charge on any atom is 0.327 e. The molecule has 0 N–H and O–H groups in total. The number of esters is 1. The highest BCUT2D eigenvalue weighted by atomic mass is 32.2. The van der Waals surface area contributed by atoms with Gasteiger partial charge in [0.1, 0.15) is 6.54 Å². The second-order valence-electron chi connectivity index (χ2n) is 4.24. The molecular formula is C13H12N4O2S2. The van der Waals surface area contributed by atoms with Crippen molar-refractivity contribution in [2.75, 3.05) is 7.11 Å². The van der Waals surface area contributed by atoms with Crippen LogP contribution in [0, 0.1) is 0 Å². The number of carbonyl (C=O) groups excluding carboxylic acids is 1. The largest absolute Gasteiger partial charge is 0.468 e. The molecule has 0 aliphatic heterocycles. The molecule has 6 nitrogen and oxygen atoms in total. The number of methoxy groups -OCH3 is 1. The van der Waals surface area contributed by atoms with Crippen LogP contribution in [-0.2, 0) is 21.8 Å². The smallest absolute Gasteiger partial charge is 0.327 e. The fraction of sp³-hybridized carbons (Fsp3) is 0.231. The zero-order valence-electron chi connectivity index (χ0n) is 11.2. The fourth-order valence-electron chi connectivity index (χ4n) is 1.87. The quantitative estimate of drug-likeness (QED) is 0.531. The Balaban J connectivity index is 1.73. The van der Waals surface area contributed by atoms with Crippen molar-refractivity contribution in [1.29, 1.82) is 0 Å². The SMILES string of the molecule is COC(=O)Cn1nnnc1SCc1csc2ccccc12. The fourth-order valence-corrected chi connectivity index (χ4v) is 3.81. The van der Waals surface area contributed by atoms with Gasteiger partial charge in [0.25, 0.3) is 0 Å². The van der Waals surface area contributed by atoms with E-state index in [1.165, 1.54) is 39.2 Å². The molecule has 0 aliphatic rings. The summed E-state index contributed by atoms with van der Waals surface area (Å²) >= 11 is 3.23. The summed E-state index contributed by atoms with van der Waals surface area (Å²) in [5, 5.41) is 15.4. The van der Waals surface area contributed by atoms with Crippen LogP contribution in [0.25, 0.3) is 10.1 Å². The number of ether oxygens (including phenoxy) is 1. The summed E-state index contributed by atoms with van der Waals surface area (Å²) in [6, 6.07) is 8.28. The highest BCUT2D eigenvalue weighted by Crippen LogP contribution is 2.30. The molecule has 0 bridgehead atoms. The number of tetrazole rings is 1. The average molecular weight is 320 g/mol. The molecule has 0 unspecified atom stereocenters. The van der Waals surface area contributed by atoms with E-state index in [1.807, 2.05) is 12.1 Å². The van der Waals surface area contributed by atoms with Crippen molar-refractivity contribution < 1.29 is 9.53 Å². The van der Waals surface area contributed by atoms with E-state index in [0.717, 1.165) is 5.75 Å². The summed E-state index contributed by atoms with van der Waals surface area (Å²) in [5.41, 5.74) is 1.24. The molecule has 0 spiro atoms. The molecule has 2 aromatic heterocycles. The minimum atomic E-state index is -0.370. The molecule has 1 aromatic carbocycles. The van der Waals surface area contributed by atoms with Crippen molar-refractivity contribution in [1.82, 2.24) is 20.2 Å². The third-order valence-electron chi connectivity index (χ3n) is 2.92. The normalized spacial score (nSPS) is 10.9. The van der Waals surface area contributed by atoms with Gasteiger partial charge in [-0.15, -0.1) is 16.4 Å². The average Bonchev–Trinajstić information content (AvgIpc) is 3.11. The zero-order valence-corrected chi connectivity index (χ0v) is 12.9. The molecule has 0 atom stereocenters. The van der Waals surface area contributed by atoms with Gasteiger partial charge in [-0.1, -0.05) is 30.0 Å². The first kappa shape index (κ1) is 14.0. The molecular weight excluding hydrogens is 308 g/mol. The molecule has 0 fully saturated rings. The van der Waals surface area contributed by atoms with Crippen LogP contribution in [0.4, 0.5) is 0 Å². The van der Waals surface area contributed by atoms with E-state index in [9.17, 15) is 4.79 Å². The van der Waals surface area contributed by atoms with E-state index in [2.05, 4.69) is 37.8 Å². The molecule has 3 aromatic rings. The molecule has 2 heterocycles. The topological polar surface area (TPSA) is 69.9 Å². The first-order valence-corrected chi connectivity index (χ1v) is 8.05. The number of benzene rings is 1. The second kappa shape index (κ2) is 6.23. The minimum absolute atomic E-state index is 0.0240. The Labute approximate surface area is 129 Å². The van der Waals surface area contributed by atoms with Crippen molar-refractivity contribution in [2.24, 2.45) is 0 Å². The maximum absolute atomic E-state index is 11.3. The van der Waals surface area contributed by atoms with Crippen molar-refractivity contribution in [3.05, 3.63) is 35.2 Å². The van der Waals surface area contributed by atoms with Gasteiger partial charge in [-0.3, -0.25) is 4.79 Å². The van der Waals surface area contributed by atoms with Crippen LogP contribution in [0.2, 0.25) is 0 Å². The van der Waals surface area contributed by atoms with E-state index in [4.69, 9.17) is 0 Å². The number of hydrogen-bond acceptors (Lipinski definition) is 7. The molecule has 108 valence electrons. The van der Waals surface area contributed by atoms with Gasteiger partial charge in [0, 0.05) is 10.5 Å². The van der Waals surface area contributed by atoms with Crippen LogP contribution in [0.1, 0.15) is 5.56 Å². The van der Waals surface area contributed by atoms with Gasteiger partial charge in [-0.25, -0.2) is 4.68 Å². The Hall–Kier alpha value is -1.93. The van der Waals surface area contributed by atoms with Gasteiger partial charge in [-0.05, 0) is 32.8 Å². The lowest BCUT2D eigenvalue weighted by atomic mass is 10.2. The predicted octanol–water partition coefficient (Wildman–Crippen LogP) is 2.35. The maximum atomic E-state index is 11.3. The van der Waals surface area contributed by atoms with Crippen LogP contribution in [0.3, 0.4) is 0 Å². The third-order valence-corrected chi connectivity index (χ3v) is 4.94. The first-order chi connectivity index (χ1) is 10.3. The molecule has 0 aliphatic carbocycles. The van der Waals surface area contributed by atoms with E-state index >= 15 is 0 Å². The van der Waals surface area contributed by atoms with Crippen LogP contribution in [0.15, 0.2) is 34.8 Å². The zero-order chi connectivity index (χ0) is 14.7. The number of carbonyl (C=O) groups is 1. The lowest BCUT2D eigenvalue weighted by Gasteiger charge is -2.02. The van der Waals surface area contributed by atoms with Crippen molar-refractivity contribution in [3.63, 3.8) is 0 Å². The summed E-state index contributed by atoms with van der Waals surface area (Å²) in [6.07, 6.45) is 0. The molecule has 0 amide bonds. The van der Waals surface area contributed by atoms with Crippen molar-refractivity contribution >= 4 is 39.2 Å². The Bertz CT molecular complexity index is 768. The van der Waals surface area contributed by atoms with Crippen LogP contribution in [0.5, 0.6) is 0 Å². The van der Waals surface area contributed by atoms with Crippen LogP contribution in [-0.4, -0.2) is 33.3 Å². The predicted molar refractivity (Wildman–Crippen MR) is 81.2 cm³/mol.